The van der Waals surface area contributed by atoms with Gasteiger partial charge < -0.3 is 10.1 Å². The highest BCUT2D eigenvalue weighted by atomic mass is 16.5. The number of carbonyl (C=O) groups is 1. The summed E-state index contributed by atoms with van der Waals surface area (Å²) >= 11 is 0. The molecule has 56 valence electrons. The van der Waals surface area contributed by atoms with Crippen molar-refractivity contribution < 1.29 is 9.53 Å². The molecule has 10 heavy (non-hydrogen) atoms. The number of rotatable bonds is 0. The third-order valence-corrected chi connectivity index (χ3v) is 2.33. The minimum absolute atomic E-state index is 0.161. The Bertz CT molecular complexity index is 158. The molecule has 2 aliphatic rings. The van der Waals surface area contributed by atoms with Crippen LogP contribution in [0.1, 0.15) is 19.3 Å². The van der Waals surface area contributed by atoms with Gasteiger partial charge in [-0.2, -0.15) is 0 Å². The molecule has 2 atom stereocenters. The lowest BCUT2D eigenvalue weighted by molar-refractivity contribution is -0.139. The smallest absolute Gasteiger partial charge is 0.227 e. The van der Waals surface area contributed by atoms with Gasteiger partial charge in [-0.25, -0.2) is 0 Å². The van der Waals surface area contributed by atoms with E-state index in [0.29, 0.717) is 6.73 Å². The fourth-order valence-corrected chi connectivity index (χ4v) is 1.78. The van der Waals surface area contributed by atoms with E-state index in [4.69, 9.17) is 4.74 Å². The zero-order chi connectivity index (χ0) is 6.97. The molecule has 1 amide bonds. The van der Waals surface area contributed by atoms with Crippen LogP contribution < -0.4 is 5.32 Å². The van der Waals surface area contributed by atoms with Gasteiger partial charge in [0.25, 0.3) is 0 Å². The third kappa shape index (κ3) is 0.814. The predicted octanol–water partition coefficient (Wildman–Crippen LogP) is 0.259. The maximum absolute atomic E-state index is 11.1. The number of carbonyl (C=O) groups excluding carboxylic acids is 1. The number of ether oxygens (including phenoxy) is 1. The molecule has 0 spiro atoms. The van der Waals surface area contributed by atoms with Crippen LogP contribution in [-0.2, 0) is 9.53 Å². The maximum Gasteiger partial charge on any atom is 0.227 e. The van der Waals surface area contributed by atoms with Crippen molar-refractivity contribution in [2.45, 2.75) is 25.4 Å². The van der Waals surface area contributed by atoms with Gasteiger partial charge in [0.15, 0.2) is 0 Å². The van der Waals surface area contributed by atoms with Gasteiger partial charge in [-0.3, -0.25) is 4.79 Å². The summed E-state index contributed by atoms with van der Waals surface area (Å²) in [5.41, 5.74) is 0. The van der Waals surface area contributed by atoms with Gasteiger partial charge in [0.05, 0.1) is 12.0 Å². The lowest BCUT2D eigenvalue weighted by Gasteiger charge is -2.25. The van der Waals surface area contributed by atoms with Crippen LogP contribution in [0.4, 0.5) is 0 Å². The maximum atomic E-state index is 11.1. The van der Waals surface area contributed by atoms with Crippen molar-refractivity contribution in [2.75, 3.05) is 6.73 Å². The molecular weight excluding hydrogens is 130 g/mol. The zero-order valence-electron chi connectivity index (χ0n) is 5.80. The molecule has 1 saturated heterocycles. The van der Waals surface area contributed by atoms with E-state index in [1.165, 1.54) is 0 Å². The van der Waals surface area contributed by atoms with Crippen LogP contribution in [-0.4, -0.2) is 18.7 Å². The first kappa shape index (κ1) is 6.16. The lowest BCUT2D eigenvalue weighted by Crippen LogP contribution is -2.43. The normalized spacial score (nSPS) is 39.0. The fraction of sp³-hybridized carbons (Fsp3) is 0.857. The molecule has 2 rings (SSSR count). The number of nitrogens with one attached hydrogen (secondary N) is 1. The Morgan fingerprint density at radius 3 is 3.20 bits per heavy atom. The molecule has 0 aromatic rings. The topological polar surface area (TPSA) is 38.3 Å². The van der Waals surface area contributed by atoms with Gasteiger partial charge in [0.1, 0.15) is 6.73 Å². The summed E-state index contributed by atoms with van der Waals surface area (Å²) in [4.78, 5) is 11.1. The van der Waals surface area contributed by atoms with E-state index in [9.17, 15) is 4.79 Å². The van der Waals surface area contributed by atoms with Gasteiger partial charge >= 0.3 is 0 Å². The molecule has 2 fully saturated rings. The Morgan fingerprint density at radius 1 is 1.50 bits per heavy atom. The molecule has 0 radical (unpaired) electrons. The second-order valence-corrected chi connectivity index (χ2v) is 2.93. The van der Waals surface area contributed by atoms with Crippen LogP contribution in [0, 0.1) is 5.92 Å². The summed E-state index contributed by atoms with van der Waals surface area (Å²) in [6, 6.07) is 0. The Kier molecular flexibility index (Phi) is 1.38. The molecule has 1 N–H and O–H groups in total. The van der Waals surface area contributed by atoms with Gasteiger partial charge in [0.2, 0.25) is 5.91 Å². The van der Waals surface area contributed by atoms with Crippen molar-refractivity contribution in [1.29, 1.82) is 0 Å². The van der Waals surface area contributed by atoms with E-state index in [2.05, 4.69) is 5.32 Å². The number of fused-ring (bicyclic) bond motifs is 1. The molecule has 1 heterocycles. The lowest BCUT2D eigenvalue weighted by atomic mass is 10.0. The van der Waals surface area contributed by atoms with Crippen LogP contribution >= 0.6 is 0 Å². The van der Waals surface area contributed by atoms with Crippen molar-refractivity contribution in [3.63, 3.8) is 0 Å². The highest BCUT2D eigenvalue weighted by Crippen LogP contribution is 2.29. The van der Waals surface area contributed by atoms with Crippen LogP contribution in [0.25, 0.3) is 0 Å². The second kappa shape index (κ2) is 2.23. The van der Waals surface area contributed by atoms with E-state index < -0.39 is 0 Å². The Hall–Kier alpha value is -0.570. The van der Waals surface area contributed by atoms with Crippen molar-refractivity contribution in [1.82, 2.24) is 5.32 Å². The summed E-state index contributed by atoms with van der Waals surface area (Å²) in [6.45, 7) is 0.417. The van der Waals surface area contributed by atoms with E-state index in [1.807, 2.05) is 0 Å². The average Bonchev–Trinajstić information content (AvgIpc) is 2.36. The van der Waals surface area contributed by atoms with Gasteiger partial charge in [0, 0.05) is 0 Å². The number of hydrogen-bond donors (Lipinski definition) is 1. The van der Waals surface area contributed by atoms with Crippen molar-refractivity contribution in [2.24, 2.45) is 5.92 Å². The summed E-state index contributed by atoms with van der Waals surface area (Å²) in [7, 11) is 0. The van der Waals surface area contributed by atoms with Gasteiger partial charge in [-0.1, -0.05) is 0 Å². The highest BCUT2D eigenvalue weighted by molar-refractivity contribution is 5.79. The van der Waals surface area contributed by atoms with E-state index >= 15 is 0 Å². The standard InChI is InChI=1S/C7H11NO2/c9-7-5-2-1-3-6(5)10-4-8-7/h5-6H,1-4H2,(H,8,9)/t5-,6+/m0/s1. The first-order chi connectivity index (χ1) is 4.88. The summed E-state index contributed by atoms with van der Waals surface area (Å²) in [5, 5.41) is 2.69. The molecule has 3 heteroatoms. The van der Waals surface area contributed by atoms with Crippen molar-refractivity contribution in [3.8, 4) is 0 Å². The SMILES string of the molecule is O=C1NCO[C@@H]2CCC[C@H]12. The second-order valence-electron chi connectivity index (χ2n) is 2.93. The molecule has 3 nitrogen and oxygen atoms in total. The fourth-order valence-electron chi connectivity index (χ4n) is 1.78. The van der Waals surface area contributed by atoms with Crippen LogP contribution in [0.2, 0.25) is 0 Å². The van der Waals surface area contributed by atoms with Crippen LogP contribution in [0.5, 0.6) is 0 Å². The highest BCUT2D eigenvalue weighted by Gasteiger charge is 2.36. The molecule has 0 bridgehead atoms. The van der Waals surface area contributed by atoms with E-state index in [-0.39, 0.29) is 17.9 Å². The monoisotopic (exact) mass is 141 g/mol. The van der Waals surface area contributed by atoms with Crippen molar-refractivity contribution >= 4 is 5.91 Å². The summed E-state index contributed by atoms with van der Waals surface area (Å²) in [6.07, 6.45) is 3.45. The largest absolute Gasteiger partial charge is 0.357 e. The first-order valence-electron chi connectivity index (χ1n) is 3.77. The predicted molar refractivity (Wildman–Crippen MR) is 35.2 cm³/mol. The number of hydrogen-bond acceptors (Lipinski definition) is 2. The molecule has 1 aliphatic heterocycles. The minimum atomic E-state index is 0.161. The molecular formula is C7H11NO2. The first-order valence-corrected chi connectivity index (χ1v) is 3.77. The average molecular weight is 141 g/mol. The van der Waals surface area contributed by atoms with Gasteiger partial charge in [-0.05, 0) is 19.3 Å². The van der Waals surface area contributed by atoms with Crippen LogP contribution in [0.15, 0.2) is 0 Å². The third-order valence-electron chi connectivity index (χ3n) is 2.33. The minimum Gasteiger partial charge on any atom is -0.357 e. The number of amides is 1. The van der Waals surface area contributed by atoms with Gasteiger partial charge in [-0.15, -0.1) is 0 Å². The molecule has 1 aliphatic carbocycles. The molecule has 0 aromatic carbocycles. The molecule has 0 unspecified atom stereocenters. The Labute approximate surface area is 59.7 Å². The Morgan fingerprint density at radius 2 is 2.40 bits per heavy atom. The molecule has 1 saturated carbocycles. The quantitative estimate of drug-likeness (QED) is 0.525. The summed E-state index contributed by atoms with van der Waals surface area (Å²) < 4.78 is 5.34. The van der Waals surface area contributed by atoms with Crippen molar-refractivity contribution in [3.05, 3.63) is 0 Å². The zero-order valence-corrected chi connectivity index (χ0v) is 5.80. The van der Waals surface area contributed by atoms with E-state index in [1.54, 1.807) is 0 Å². The Balaban J connectivity index is 2.10. The summed E-state index contributed by atoms with van der Waals surface area (Å²) in [5.74, 6) is 0.350. The van der Waals surface area contributed by atoms with E-state index in [0.717, 1.165) is 19.3 Å². The van der Waals surface area contributed by atoms with Crippen LogP contribution in [0.3, 0.4) is 0 Å². The molecule has 0 aromatic heterocycles.